The third-order valence-electron chi connectivity index (χ3n) is 5.14. The highest BCUT2D eigenvalue weighted by molar-refractivity contribution is 6.07. The zero-order valence-electron chi connectivity index (χ0n) is 15.2. The molecule has 4 nitrogen and oxygen atoms in total. The van der Waals surface area contributed by atoms with E-state index < -0.39 is 5.79 Å². The molecule has 0 saturated carbocycles. The van der Waals surface area contributed by atoms with Gasteiger partial charge in [0.25, 0.3) is 11.7 Å². The number of hydrogen-bond acceptors (Lipinski definition) is 3. The van der Waals surface area contributed by atoms with Crippen molar-refractivity contribution in [3.63, 3.8) is 0 Å². The third kappa shape index (κ3) is 2.86. The summed E-state index contributed by atoms with van der Waals surface area (Å²) in [6, 6.07) is 4.14. The molecule has 3 rings (SSSR count). The molecular formula is C20H29NO3. The molecule has 2 aliphatic rings. The lowest BCUT2D eigenvalue weighted by Gasteiger charge is -2.22. The van der Waals surface area contributed by atoms with E-state index in [1.807, 2.05) is 11.8 Å². The lowest BCUT2D eigenvalue weighted by atomic mass is 9.98. The molecule has 1 aromatic carbocycles. The Morgan fingerprint density at radius 3 is 2.33 bits per heavy atom. The summed E-state index contributed by atoms with van der Waals surface area (Å²) in [7, 11) is 0. The van der Waals surface area contributed by atoms with Gasteiger partial charge in [-0.25, -0.2) is 0 Å². The van der Waals surface area contributed by atoms with Crippen molar-refractivity contribution in [1.29, 1.82) is 0 Å². The third-order valence-corrected chi connectivity index (χ3v) is 5.14. The number of ether oxygens (including phenoxy) is 2. The number of nitrogens with zero attached hydrogens (tertiary/aromatic N) is 1. The van der Waals surface area contributed by atoms with Gasteiger partial charge < -0.3 is 14.4 Å². The first kappa shape index (κ1) is 17.4. The van der Waals surface area contributed by atoms with Crippen LogP contribution in [0.1, 0.15) is 62.1 Å². The smallest absolute Gasteiger partial charge is 0.292 e. The van der Waals surface area contributed by atoms with Crippen molar-refractivity contribution in [1.82, 2.24) is 0 Å². The van der Waals surface area contributed by atoms with Crippen molar-refractivity contribution in [3.05, 3.63) is 28.8 Å². The summed E-state index contributed by atoms with van der Waals surface area (Å²) in [5.41, 5.74) is 4.12. The van der Waals surface area contributed by atoms with Gasteiger partial charge in [-0.1, -0.05) is 51.2 Å². The molecule has 2 heterocycles. The number of aryl methyl sites for hydroxylation is 2. The average molecular weight is 331 g/mol. The van der Waals surface area contributed by atoms with Gasteiger partial charge in [0.05, 0.1) is 18.9 Å². The van der Waals surface area contributed by atoms with E-state index in [0.29, 0.717) is 13.2 Å². The van der Waals surface area contributed by atoms with Crippen LogP contribution in [0, 0.1) is 13.8 Å². The van der Waals surface area contributed by atoms with Gasteiger partial charge in [0.1, 0.15) is 0 Å². The van der Waals surface area contributed by atoms with Gasteiger partial charge in [-0.2, -0.15) is 0 Å². The van der Waals surface area contributed by atoms with Crippen molar-refractivity contribution in [3.8, 4) is 0 Å². The van der Waals surface area contributed by atoms with E-state index in [9.17, 15) is 4.79 Å². The van der Waals surface area contributed by atoms with Gasteiger partial charge in [0.15, 0.2) is 0 Å². The molecule has 1 amide bonds. The van der Waals surface area contributed by atoms with Crippen molar-refractivity contribution < 1.29 is 14.3 Å². The normalized spacial score (nSPS) is 18.6. The Morgan fingerprint density at radius 2 is 1.62 bits per heavy atom. The van der Waals surface area contributed by atoms with Crippen molar-refractivity contribution >= 4 is 11.6 Å². The molecule has 1 saturated heterocycles. The van der Waals surface area contributed by atoms with Gasteiger partial charge in [0, 0.05) is 12.1 Å². The number of unbranched alkanes of at least 4 members (excludes halogenated alkanes) is 5. The monoisotopic (exact) mass is 331 g/mol. The standard InChI is InChI=1S/C20H29NO3/c1-4-5-6-7-8-9-12-21-18-16(3)11-10-15(2)17(18)20(19(21)22)23-13-14-24-20/h10-11H,4-9,12-14H2,1-3H3. The van der Waals surface area contributed by atoms with Crippen LogP contribution >= 0.6 is 0 Å². The molecule has 1 aromatic rings. The molecular weight excluding hydrogens is 302 g/mol. The summed E-state index contributed by atoms with van der Waals surface area (Å²) in [6.45, 7) is 8.02. The maximum absolute atomic E-state index is 13.1. The number of carbonyl (C=O) groups excluding carboxylic acids is 1. The van der Waals surface area contributed by atoms with Crippen LogP contribution in [0.2, 0.25) is 0 Å². The fourth-order valence-electron chi connectivity index (χ4n) is 3.89. The Labute approximate surface area is 145 Å². The fourth-order valence-corrected chi connectivity index (χ4v) is 3.89. The number of amides is 1. The van der Waals surface area contributed by atoms with E-state index in [1.54, 1.807) is 0 Å². The van der Waals surface area contributed by atoms with Gasteiger partial charge in [-0.05, 0) is 31.4 Å². The lowest BCUT2D eigenvalue weighted by Crippen LogP contribution is -2.41. The molecule has 132 valence electrons. The summed E-state index contributed by atoms with van der Waals surface area (Å²) < 4.78 is 11.7. The lowest BCUT2D eigenvalue weighted by molar-refractivity contribution is -0.180. The predicted molar refractivity (Wildman–Crippen MR) is 95.2 cm³/mol. The van der Waals surface area contributed by atoms with Gasteiger partial charge in [-0.15, -0.1) is 0 Å². The minimum atomic E-state index is -1.19. The molecule has 0 bridgehead atoms. The maximum Gasteiger partial charge on any atom is 0.292 e. The van der Waals surface area contributed by atoms with Crippen molar-refractivity contribution in [2.45, 2.75) is 65.1 Å². The van der Waals surface area contributed by atoms with Gasteiger partial charge in [-0.3, -0.25) is 4.79 Å². The van der Waals surface area contributed by atoms with Crippen LogP contribution in [0.4, 0.5) is 5.69 Å². The second-order valence-corrected chi connectivity index (χ2v) is 6.96. The van der Waals surface area contributed by atoms with Crippen LogP contribution in [0.15, 0.2) is 12.1 Å². The highest BCUT2D eigenvalue weighted by Crippen LogP contribution is 2.48. The number of benzene rings is 1. The first-order chi connectivity index (χ1) is 11.6. The van der Waals surface area contributed by atoms with E-state index >= 15 is 0 Å². The second-order valence-electron chi connectivity index (χ2n) is 6.96. The van der Waals surface area contributed by atoms with Crippen LogP contribution < -0.4 is 4.90 Å². The molecule has 2 aliphatic heterocycles. The zero-order chi connectivity index (χ0) is 17.2. The van der Waals surface area contributed by atoms with E-state index in [0.717, 1.165) is 35.3 Å². The molecule has 0 aliphatic carbocycles. The highest BCUT2D eigenvalue weighted by Gasteiger charge is 2.57. The molecule has 0 aromatic heterocycles. The zero-order valence-corrected chi connectivity index (χ0v) is 15.2. The Kier molecular flexibility index (Phi) is 5.26. The molecule has 0 unspecified atom stereocenters. The van der Waals surface area contributed by atoms with E-state index in [2.05, 4.69) is 26.0 Å². The van der Waals surface area contributed by atoms with Gasteiger partial charge in [0.2, 0.25) is 0 Å². The quantitative estimate of drug-likeness (QED) is 0.703. The molecule has 1 spiro atoms. The second kappa shape index (κ2) is 7.24. The van der Waals surface area contributed by atoms with E-state index in [4.69, 9.17) is 9.47 Å². The Morgan fingerprint density at radius 1 is 1.00 bits per heavy atom. The van der Waals surface area contributed by atoms with Gasteiger partial charge >= 0.3 is 0 Å². The minimum absolute atomic E-state index is 0.0408. The van der Waals surface area contributed by atoms with Crippen LogP contribution in [-0.2, 0) is 20.1 Å². The SMILES string of the molecule is CCCCCCCCN1C(=O)C2(OCCO2)c2c(C)ccc(C)c21. The van der Waals surface area contributed by atoms with Crippen LogP contribution in [0.25, 0.3) is 0 Å². The highest BCUT2D eigenvalue weighted by atomic mass is 16.7. The molecule has 0 N–H and O–H groups in total. The number of anilines is 1. The molecule has 4 heteroatoms. The summed E-state index contributed by atoms with van der Waals surface area (Å²) >= 11 is 0. The largest absolute Gasteiger partial charge is 0.336 e. The van der Waals surface area contributed by atoms with Crippen molar-refractivity contribution in [2.75, 3.05) is 24.7 Å². The van der Waals surface area contributed by atoms with Crippen LogP contribution in [0.3, 0.4) is 0 Å². The topological polar surface area (TPSA) is 38.8 Å². The number of fused-ring (bicyclic) bond motifs is 2. The van der Waals surface area contributed by atoms with Crippen LogP contribution in [-0.4, -0.2) is 25.7 Å². The predicted octanol–water partition coefficient (Wildman–Crippen LogP) is 4.21. The van der Waals surface area contributed by atoms with E-state index in [1.165, 1.54) is 32.1 Å². The molecule has 0 atom stereocenters. The number of carbonyl (C=O) groups is 1. The summed E-state index contributed by atoms with van der Waals surface area (Å²) in [6.07, 6.45) is 7.28. The first-order valence-electron chi connectivity index (χ1n) is 9.32. The Balaban J connectivity index is 1.79. The fraction of sp³-hybridized carbons (Fsp3) is 0.650. The molecule has 1 fully saturated rings. The summed E-state index contributed by atoms with van der Waals surface area (Å²) in [5.74, 6) is -1.23. The van der Waals surface area contributed by atoms with Crippen molar-refractivity contribution in [2.24, 2.45) is 0 Å². The Hall–Kier alpha value is -1.39. The number of rotatable bonds is 7. The number of hydrogen-bond donors (Lipinski definition) is 0. The van der Waals surface area contributed by atoms with E-state index in [-0.39, 0.29) is 5.91 Å². The summed E-state index contributed by atoms with van der Waals surface area (Å²) in [5, 5.41) is 0. The summed E-state index contributed by atoms with van der Waals surface area (Å²) in [4.78, 5) is 15.0. The average Bonchev–Trinajstić information content (AvgIpc) is 3.15. The molecule has 0 radical (unpaired) electrons. The van der Waals surface area contributed by atoms with Crippen LogP contribution in [0.5, 0.6) is 0 Å². The Bertz CT molecular complexity index is 605. The maximum atomic E-state index is 13.1. The minimum Gasteiger partial charge on any atom is -0.336 e. The first-order valence-corrected chi connectivity index (χ1v) is 9.32. The molecule has 24 heavy (non-hydrogen) atoms.